The Kier molecular flexibility index (Phi) is 7.12. The molecule has 142 valence electrons. The van der Waals surface area contributed by atoms with Gasteiger partial charge in [0.1, 0.15) is 17.1 Å². The molecular weight excluding hydrogens is 347 g/mol. The fraction of sp³-hybridized carbons (Fsp3) is 0.353. The van der Waals surface area contributed by atoms with Crippen LogP contribution in [0.5, 0.6) is 0 Å². The van der Waals surface area contributed by atoms with Crippen molar-refractivity contribution in [1.29, 1.82) is 0 Å². The van der Waals surface area contributed by atoms with E-state index in [0.717, 1.165) is 26.4 Å². The van der Waals surface area contributed by atoms with Gasteiger partial charge in [-0.2, -0.15) is 0 Å². The van der Waals surface area contributed by atoms with Crippen LogP contribution in [0.2, 0.25) is 0 Å². The highest BCUT2D eigenvalue weighted by Crippen LogP contribution is 2.21. The third kappa shape index (κ3) is 6.80. The molecule has 0 saturated carbocycles. The first-order valence-electron chi connectivity index (χ1n) is 7.50. The van der Waals surface area contributed by atoms with Crippen LogP contribution in [0.15, 0.2) is 30.0 Å². The van der Waals surface area contributed by atoms with Gasteiger partial charge in [-0.3, -0.25) is 5.32 Å². The van der Waals surface area contributed by atoms with Crippen LogP contribution in [-0.2, 0) is 23.8 Å². The lowest BCUT2D eigenvalue weighted by Crippen LogP contribution is -2.27. The fourth-order valence-corrected chi connectivity index (χ4v) is 1.70. The van der Waals surface area contributed by atoms with Gasteiger partial charge in [0.25, 0.3) is 0 Å². The van der Waals surface area contributed by atoms with E-state index in [1.165, 1.54) is 12.1 Å². The first kappa shape index (κ1) is 20.9. The molecule has 0 spiro atoms. The molecule has 26 heavy (non-hydrogen) atoms. The van der Waals surface area contributed by atoms with Crippen molar-refractivity contribution < 1.29 is 33.0 Å². The van der Waals surface area contributed by atoms with Crippen LogP contribution in [0.4, 0.5) is 20.6 Å². The third-order valence-electron chi connectivity index (χ3n) is 2.75. The maximum atomic E-state index is 14.2. The molecule has 2 N–H and O–H groups in total. The van der Waals surface area contributed by atoms with E-state index in [1.54, 1.807) is 20.8 Å². The molecule has 0 saturated heterocycles. The molecule has 0 aliphatic carbocycles. The summed E-state index contributed by atoms with van der Waals surface area (Å²) in [4.78, 5) is 34.7. The van der Waals surface area contributed by atoms with Crippen molar-refractivity contribution in [2.24, 2.45) is 0 Å². The van der Waals surface area contributed by atoms with E-state index in [0.29, 0.717) is 0 Å². The maximum absolute atomic E-state index is 14.2. The number of halogens is 1. The van der Waals surface area contributed by atoms with Gasteiger partial charge in [-0.25, -0.2) is 18.8 Å². The Morgan fingerprint density at radius 1 is 1.08 bits per heavy atom. The van der Waals surface area contributed by atoms with E-state index in [9.17, 15) is 18.8 Å². The van der Waals surface area contributed by atoms with Gasteiger partial charge in [0.2, 0.25) is 0 Å². The Hall–Kier alpha value is -3.10. The quantitative estimate of drug-likeness (QED) is 0.468. The van der Waals surface area contributed by atoms with Gasteiger partial charge in [0.15, 0.2) is 0 Å². The Bertz CT molecular complexity index is 724. The van der Waals surface area contributed by atoms with Gasteiger partial charge in [0, 0.05) is 5.69 Å². The topological polar surface area (TPSA) is 103 Å². The van der Waals surface area contributed by atoms with Gasteiger partial charge < -0.3 is 19.5 Å². The number of amides is 1. The van der Waals surface area contributed by atoms with Crippen LogP contribution in [0, 0.1) is 5.82 Å². The lowest BCUT2D eigenvalue weighted by molar-refractivity contribution is -0.138. The van der Waals surface area contributed by atoms with Crippen molar-refractivity contribution in [3.05, 3.63) is 35.8 Å². The summed E-state index contributed by atoms with van der Waals surface area (Å²) < 4.78 is 28.2. The highest BCUT2D eigenvalue weighted by Gasteiger charge is 2.18. The SMILES string of the molecule is COC(=O)/C=C(/Nc1ccc(NC(=O)OC(C)(C)C)c(F)c1)C(=O)OC. The standard InChI is InChI=1S/C17H21FN2O6/c1-17(2,3)26-16(23)20-12-7-6-10(8-11(12)18)19-13(15(22)25-5)9-14(21)24-4/h6-9,19H,1-5H3,(H,20,23)/b13-9+. The Labute approximate surface area is 150 Å². The first-order valence-corrected chi connectivity index (χ1v) is 7.50. The van der Waals surface area contributed by atoms with E-state index in [-0.39, 0.29) is 17.1 Å². The van der Waals surface area contributed by atoms with Gasteiger partial charge in [-0.1, -0.05) is 0 Å². The Morgan fingerprint density at radius 2 is 1.73 bits per heavy atom. The van der Waals surface area contributed by atoms with Crippen molar-refractivity contribution in [1.82, 2.24) is 0 Å². The molecule has 0 unspecified atom stereocenters. The minimum atomic E-state index is -0.841. The number of hydrogen-bond donors (Lipinski definition) is 2. The molecule has 0 aromatic heterocycles. The van der Waals surface area contributed by atoms with Crippen LogP contribution in [0.3, 0.4) is 0 Å². The summed E-state index contributed by atoms with van der Waals surface area (Å²) in [5.74, 6) is -2.41. The monoisotopic (exact) mass is 368 g/mol. The van der Waals surface area contributed by atoms with Crippen LogP contribution in [0.1, 0.15) is 20.8 Å². The molecule has 0 radical (unpaired) electrons. The van der Waals surface area contributed by atoms with Gasteiger partial charge in [-0.05, 0) is 39.0 Å². The van der Waals surface area contributed by atoms with E-state index in [2.05, 4.69) is 20.1 Å². The molecule has 0 aliphatic heterocycles. The minimum Gasteiger partial charge on any atom is -0.466 e. The predicted octanol–water partition coefficient (Wildman–Crippen LogP) is 2.81. The highest BCUT2D eigenvalue weighted by molar-refractivity contribution is 5.98. The average molecular weight is 368 g/mol. The highest BCUT2D eigenvalue weighted by atomic mass is 19.1. The molecule has 1 rings (SSSR count). The zero-order valence-corrected chi connectivity index (χ0v) is 15.1. The van der Waals surface area contributed by atoms with Crippen LogP contribution in [0.25, 0.3) is 0 Å². The molecule has 0 heterocycles. The number of anilines is 2. The number of esters is 2. The molecule has 0 fully saturated rings. The smallest absolute Gasteiger partial charge is 0.412 e. The van der Waals surface area contributed by atoms with Crippen molar-refractivity contribution in [2.45, 2.75) is 26.4 Å². The average Bonchev–Trinajstić information content (AvgIpc) is 2.54. The minimum absolute atomic E-state index is 0.110. The Morgan fingerprint density at radius 3 is 2.23 bits per heavy atom. The van der Waals surface area contributed by atoms with E-state index < -0.39 is 29.5 Å². The summed E-state index contributed by atoms with van der Waals surface area (Å²) >= 11 is 0. The van der Waals surface area contributed by atoms with Crippen LogP contribution >= 0.6 is 0 Å². The molecule has 9 heteroatoms. The molecule has 1 aromatic carbocycles. The number of ether oxygens (including phenoxy) is 3. The molecule has 1 aromatic rings. The summed E-state index contributed by atoms with van der Waals surface area (Å²) in [5, 5.41) is 4.83. The summed E-state index contributed by atoms with van der Waals surface area (Å²) in [6, 6.07) is 3.69. The molecule has 0 atom stereocenters. The molecule has 0 bridgehead atoms. The van der Waals surface area contributed by atoms with E-state index in [1.807, 2.05) is 0 Å². The zero-order valence-electron chi connectivity index (χ0n) is 15.1. The molecule has 1 amide bonds. The zero-order chi connectivity index (χ0) is 19.9. The lowest BCUT2D eigenvalue weighted by atomic mass is 10.2. The second kappa shape index (κ2) is 8.84. The number of benzene rings is 1. The van der Waals surface area contributed by atoms with Gasteiger partial charge in [-0.15, -0.1) is 0 Å². The van der Waals surface area contributed by atoms with Gasteiger partial charge in [0.05, 0.1) is 26.0 Å². The fourth-order valence-electron chi connectivity index (χ4n) is 1.70. The van der Waals surface area contributed by atoms with Crippen molar-refractivity contribution in [3.63, 3.8) is 0 Å². The maximum Gasteiger partial charge on any atom is 0.412 e. The number of carbonyl (C=O) groups is 3. The number of nitrogens with one attached hydrogen (secondary N) is 2. The normalized spacial score (nSPS) is 11.4. The van der Waals surface area contributed by atoms with Crippen LogP contribution < -0.4 is 10.6 Å². The van der Waals surface area contributed by atoms with Crippen molar-refractivity contribution in [3.8, 4) is 0 Å². The molecular formula is C17H21FN2O6. The predicted molar refractivity (Wildman–Crippen MR) is 92.0 cm³/mol. The summed E-state index contributed by atoms with van der Waals surface area (Å²) in [5.41, 5.74) is -0.929. The Balaban J connectivity index is 2.94. The number of hydrogen-bond acceptors (Lipinski definition) is 7. The summed E-state index contributed by atoms with van der Waals surface area (Å²) in [7, 11) is 2.27. The number of rotatable bonds is 5. The molecule has 8 nitrogen and oxygen atoms in total. The largest absolute Gasteiger partial charge is 0.466 e. The van der Waals surface area contributed by atoms with Crippen molar-refractivity contribution >= 4 is 29.4 Å². The summed E-state index contributed by atoms with van der Waals surface area (Å²) in [6.07, 6.45) is 0.0642. The molecule has 0 aliphatic rings. The van der Waals surface area contributed by atoms with E-state index >= 15 is 0 Å². The third-order valence-corrected chi connectivity index (χ3v) is 2.75. The second-order valence-electron chi connectivity index (χ2n) is 6.02. The second-order valence-corrected chi connectivity index (χ2v) is 6.02. The first-order chi connectivity index (χ1) is 12.1. The van der Waals surface area contributed by atoms with Crippen molar-refractivity contribution in [2.75, 3.05) is 24.9 Å². The van der Waals surface area contributed by atoms with Crippen LogP contribution in [-0.4, -0.2) is 37.9 Å². The van der Waals surface area contributed by atoms with Gasteiger partial charge >= 0.3 is 18.0 Å². The summed E-state index contributed by atoms with van der Waals surface area (Å²) in [6.45, 7) is 5.04. The number of methoxy groups -OCH3 is 2. The lowest BCUT2D eigenvalue weighted by Gasteiger charge is -2.20. The van der Waals surface area contributed by atoms with E-state index in [4.69, 9.17) is 4.74 Å². The number of carbonyl (C=O) groups excluding carboxylic acids is 3.